The Balaban J connectivity index is 1.76. The standard InChI is InChI=1S/C18H18F2N4O4S/c1-21-23-18(26-10-17(19)20)12-3-4-13(22-8-12)9-24(29(2)25)14-5-6-15-16(7-14)28-11-27-15/h3-8,17H,1,9-11H2,2H3/b23-18-. The quantitative estimate of drug-likeness (QED) is 0.370. The second-order valence-corrected chi connectivity index (χ2v) is 7.07. The molecule has 0 radical (unpaired) electrons. The Morgan fingerprint density at radius 3 is 2.79 bits per heavy atom. The number of pyridine rings is 1. The maximum Gasteiger partial charge on any atom is 0.272 e. The van der Waals surface area contributed by atoms with Crippen LogP contribution in [0.15, 0.2) is 46.7 Å². The van der Waals surface area contributed by atoms with Crippen LogP contribution < -0.4 is 13.8 Å². The van der Waals surface area contributed by atoms with E-state index in [1.54, 1.807) is 40.9 Å². The van der Waals surface area contributed by atoms with E-state index in [4.69, 9.17) is 14.2 Å². The van der Waals surface area contributed by atoms with Gasteiger partial charge in [-0.05, 0) is 24.3 Å². The van der Waals surface area contributed by atoms with Crippen LogP contribution in [-0.4, -0.2) is 47.9 Å². The largest absolute Gasteiger partial charge is 0.470 e. The van der Waals surface area contributed by atoms with Crippen molar-refractivity contribution in [3.05, 3.63) is 47.8 Å². The Labute approximate surface area is 168 Å². The van der Waals surface area contributed by atoms with E-state index in [2.05, 4.69) is 21.9 Å². The van der Waals surface area contributed by atoms with Crippen molar-refractivity contribution in [1.82, 2.24) is 4.98 Å². The van der Waals surface area contributed by atoms with Crippen LogP contribution in [0.4, 0.5) is 14.5 Å². The van der Waals surface area contributed by atoms with Gasteiger partial charge in [-0.1, -0.05) is 0 Å². The highest BCUT2D eigenvalue weighted by molar-refractivity contribution is 7.85. The van der Waals surface area contributed by atoms with Crippen LogP contribution >= 0.6 is 0 Å². The van der Waals surface area contributed by atoms with Gasteiger partial charge in [0, 0.05) is 25.2 Å². The van der Waals surface area contributed by atoms with Crippen molar-refractivity contribution in [2.24, 2.45) is 10.2 Å². The third-order valence-corrected chi connectivity index (χ3v) is 4.80. The molecule has 8 nitrogen and oxygen atoms in total. The summed E-state index contributed by atoms with van der Waals surface area (Å²) in [6.07, 6.45) is 0.325. The van der Waals surface area contributed by atoms with Crippen molar-refractivity contribution >= 4 is 29.3 Å². The predicted molar refractivity (Wildman–Crippen MR) is 105 cm³/mol. The first-order valence-corrected chi connectivity index (χ1v) is 9.90. The molecule has 0 saturated carbocycles. The topological polar surface area (TPSA) is 85.6 Å². The van der Waals surface area contributed by atoms with E-state index in [1.165, 1.54) is 6.20 Å². The fourth-order valence-electron chi connectivity index (χ4n) is 2.54. The second kappa shape index (κ2) is 9.41. The Morgan fingerprint density at radius 2 is 2.14 bits per heavy atom. The zero-order valence-corrected chi connectivity index (χ0v) is 16.3. The summed E-state index contributed by atoms with van der Waals surface area (Å²) < 4.78 is 54.3. The summed E-state index contributed by atoms with van der Waals surface area (Å²) >= 11 is 0. The number of aromatic nitrogens is 1. The Morgan fingerprint density at radius 1 is 1.34 bits per heavy atom. The number of hydrogen-bond acceptors (Lipinski definition) is 7. The Kier molecular flexibility index (Phi) is 6.70. The van der Waals surface area contributed by atoms with Crippen molar-refractivity contribution in [1.29, 1.82) is 0 Å². The van der Waals surface area contributed by atoms with Gasteiger partial charge in [-0.25, -0.2) is 13.0 Å². The minimum atomic E-state index is -2.65. The zero-order chi connectivity index (χ0) is 20.8. The number of fused-ring (bicyclic) bond motifs is 1. The first kappa shape index (κ1) is 20.6. The molecule has 0 fully saturated rings. The summed E-state index contributed by atoms with van der Waals surface area (Å²) in [6, 6.07) is 8.54. The van der Waals surface area contributed by atoms with Crippen molar-refractivity contribution in [2.75, 3.05) is 24.0 Å². The van der Waals surface area contributed by atoms with Gasteiger partial charge in [0.15, 0.2) is 18.1 Å². The van der Waals surface area contributed by atoms with Gasteiger partial charge in [-0.3, -0.25) is 9.29 Å². The maximum atomic E-state index is 12.4. The molecule has 0 amide bonds. The zero-order valence-electron chi connectivity index (χ0n) is 15.5. The summed E-state index contributed by atoms with van der Waals surface area (Å²) in [6.45, 7) is 2.78. The van der Waals surface area contributed by atoms with Crippen LogP contribution in [0.2, 0.25) is 0 Å². The lowest BCUT2D eigenvalue weighted by Crippen LogP contribution is -2.24. The highest BCUT2D eigenvalue weighted by Crippen LogP contribution is 2.36. The molecule has 11 heteroatoms. The predicted octanol–water partition coefficient (Wildman–Crippen LogP) is 2.75. The van der Waals surface area contributed by atoms with Crippen LogP contribution in [0.3, 0.4) is 0 Å². The van der Waals surface area contributed by atoms with Gasteiger partial charge in [-0.2, -0.15) is 5.10 Å². The van der Waals surface area contributed by atoms with Crippen molar-refractivity contribution < 1.29 is 27.2 Å². The lowest BCUT2D eigenvalue weighted by atomic mass is 10.2. The van der Waals surface area contributed by atoms with Crippen LogP contribution in [-0.2, 0) is 22.3 Å². The third-order valence-electron chi connectivity index (χ3n) is 3.84. The maximum absolute atomic E-state index is 12.4. The molecule has 1 aliphatic heterocycles. The molecule has 1 aromatic carbocycles. The van der Waals surface area contributed by atoms with Gasteiger partial charge in [-0.15, -0.1) is 5.10 Å². The van der Waals surface area contributed by atoms with E-state index < -0.39 is 24.0 Å². The second-order valence-electron chi connectivity index (χ2n) is 5.78. The van der Waals surface area contributed by atoms with E-state index in [9.17, 15) is 13.0 Å². The first-order valence-electron chi connectivity index (χ1n) is 8.38. The molecule has 1 unspecified atom stereocenters. The van der Waals surface area contributed by atoms with Gasteiger partial charge in [0.2, 0.25) is 12.7 Å². The molecule has 0 aliphatic carbocycles. The summed E-state index contributed by atoms with van der Waals surface area (Å²) in [5.74, 6) is 1.10. The van der Waals surface area contributed by atoms with E-state index in [1.807, 2.05) is 0 Å². The minimum Gasteiger partial charge on any atom is -0.470 e. The molecular formula is C18H18F2N4O4S. The third kappa shape index (κ3) is 5.25. The van der Waals surface area contributed by atoms with Crippen LogP contribution in [0.1, 0.15) is 11.3 Å². The summed E-state index contributed by atoms with van der Waals surface area (Å²) in [5.41, 5.74) is 1.65. The summed E-state index contributed by atoms with van der Waals surface area (Å²) in [7, 11) is -1.33. The smallest absolute Gasteiger partial charge is 0.272 e. The molecule has 0 N–H and O–H groups in total. The number of hydrogen-bond donors (Lipinski definition) is 0. The number of ether oxygens (including phenoxy) is 3. The van der Waals surface area contributed by atoms with Crippen molar-refractivity contribution in [3.8, 4) is 11.5 Å². The lowest BCUT2D eigenvalue weighted by molar-refractivity contribution is 0.0765. The van der Waals surface area contributed by atoms with Gasteiger partial charge >= 0.3 is 0 Å². The van der Waals surface area contributed by atoms with Gasteiger partial charge in [0.05, 0.1) is 23.5 Å². The molecule has 2 aromatic rings. The molecule has 1 aromatic heterocycles. The number of nitrogens with zero attached hydrogens (tertiary/aromatic N) is 4. The lowest BCUT2D eigenvalue weighted by Gasteiger charge is -2.21. The molecule has 0 spiro atoms. The summed E-state index contributed by atoms with van der Waals surface area (Å²) in [4.78, 5) is 4.29. The van der Waals surface area contributed by atoms with E-state index in [-0.39, 0.29) is 19.2 Å². The number of anilines is 1. The molecule has 29 heavy (non-hydrogen) atoms. The average molecular weight is 424 g/mol. The first-order chi connectivity index (χ1) is 14.0. The monoisotopic (exact) mass is 424 g/mol. The molecular weight excluding hydrogens is 406 g/mol. The Bertz CT molecular complexity index is 925. The fraction of sp³-hybridized carbons (Fsp3) is 0.278. The number of rotatable bonds is 8. The van der Waals surface area contributed by atoms with Gasteiger partial charge in [0.25, 0.3) is 6.43 Å². The molecule has 154 valence electrons. The van der Waals surface area contributed by atoms with Crippen LogP contribution in [0.5, 0.6) is 11.5 Å². The molecule has 1 atom stereocenters. The highest BCUT2D eigenvalue weighted by Gasteiger charge is 2.19. The van der Waals surface area contributed by atoms with Crippen LogP contribution in [0, 0.1) is 0 Å². The molecule has 3 rings (SSSR count). The van der Waals surface area contributed by atoms with Crippen molar-refractivity contribution in [3.63, 3.8) is 0 Å². The number of alkyl halides is 2. The van der Waals surface area contributed by atoms with Crippen molar-refractivity contribution in [2.45, 2.75) is 13.0 Å². The molecule has 1 aliphatic rings. The van der Waals surface area contributed by atoms with E-state index >= 15 is 0 Å². The highest BCUT2D eigenvalue weighted by atomic mass is 32.2. The Hall–Kier alpha value is -3.08. The molecule has 2 heterocycles. The molecule has 0 bridgehead atoms. The minimum absolute atomic E-state index is 0.106. The van der Waals surface area contributed by atoms with E-state index in [0.29, 0.717) is 28.4 Å². The SMILES string of the molecule is C=N/N=C(\OCC(F)F)c1ccc(CN(c2ccc3c(c2)OCO3)S(C)=O)nc1. The normalized spacial score (nSPS) is 14.0. The van der Waals surface area contributed by atoms with E-state index in [0.717, 1.165) is 0 Å². The van der Waals surface area contributed by atoms with Gasteiger partial charge < -0.3 is 14.2 Å². The van der Waals surface area contributed by atoms with Crippen LogP contribution in [0.25, 0.3) is 0 Å². The number of halogens is 2. The molecule has 0 saturated heterocycles. The average Bonchev–Trinajstić information content (AvgIpc) is 3.17. The van der Waals surface area contributed by atoms with Gasteiger partial charge in [0.1, 0.15) is 11.0 Å². The fourth-order valence-corrected chi connectivity index (χ4v) is 3.26. The number of benzene rings is 1. The summed E-state index contributed by atoms with van der Waals surface area (Å²) in [5, 5.41) is 6.94.